The summed E-state index contributed by atoms with van der Waals surface area (Å²) in [6, 6.07) is 18.4. The summed E-state index contributed by atoms with van der Waals surface area (Å²) in [5.74, 6) is -0.416. The van der Waals surface area contributed by atoms with E-state index in [2.05, 4.69) is 4.90 Å². The third-order valence-corrected chi connectivity index (χ3v) is 6.21. The molecular weight excluding hydrogens is 438 g/mol. The summed E-state index contributed by atoms with van der Waals surface area (Å²) >= 11 is 6.32. The van der Waals surface area contributed by atoms with Crippen molar-refractivity contribution in [3.63, 3.8) is 0 Å². The van der Waals surface area contributed by atoms with Crippen LogP contribution in [0.15, 0.2) is 72.8 Å². The molecular formula is C26H22ClF4N. The second-order valence-corrected chi connectivity index (χ2v) is 8.25. The summed E-state index contributed by atoms with van der Waals surface area (Å²) in [6.45, 7) is 2.05. The van der Waals surface area contributed by atoms with Crippen molar-refractivity contribution in [2.75, 3.05) is 19.6 Å². The zero-order valence-corrected chi connectivity index (χ0v) is 18.1. The molecule has 0 amide bonds. The summed E-state index contributed by atoms with van der Waals surface area (Å²) in [5, 5.41) is 0.142. The number of rotatable bonds is 5. The fraction of sp³-hybridized carbons (Fsp3) is 0.231. The van der Waals surface area contributed by atoms with Crippen molar-refractivity contribution in [1.82, 2.24) is 4.90 Å². The zero-order valence-electron chi connectivity index (χ0n) is 17.3. The van der Waals surface area contributed by atoms with Crippen LogP contribution in [0.1, 0.15) is 23.1 Å². The molecule has 4 rings (SSSR count). The van der Waals surface area contributed by atoms with Crippen LogP contribution in [-0.2, 0) is 12.6 Å². The van der Waals surface area contributed by atoms with Gasteiger partial charge in [0.1, 0.15) is 5.82 Å². The van der Waals surface area contributed by atoms with Crippen molar-refractivity contribution in [3.05, 3.63) is 100 Å². The standard InChI is InChI=1S/C26H22ClF4N/c27-24-20(9-10-23(25(24)28)19-5-2-1-3-6-19)13-16-32-14-11-18(12-15-32)21-7-4-8-22(17-21)26(29,30)31/h1-11,17H,12-16H2. The summed E-state index contributed by atoms with van der Waals surface area (Å²) in [4.78, 5) is 2.19. The first-order valence-corrected chi connectivity index (χ1v) is 10.8. The van der Waals surface area contributed by atoms with Crippen LogP contribution in [-0.4, -0.2) is 24.5 Å². The Balaban J connectivity index is 1.40. The Bertz CT molecular complexity index is 1120. The lowest BCUT2D eigenvalue weighted by Gasteiger charge is -2.27. The van der Waals surface area contributed by atoms with Crippen LogP contribution < -0.4 is 0 Å². The molecule has 166 valence electrons. The van der Waals surface area contributed by atoms with Crippen LogP contribution in [0.3, 0.4) is 0 Å². The van der Waals surface area contributed by atoms with Gasteiger partial charge in [-0.25, -0.2) is 4.39 Å². The van der Waals surface area contributed by atoms with Crippen molar-refractivity contribution in [1.29, 1.82) is 0 Å². The van der Waals surface area contributed by atoms with E-state index < -0.39 is 17.6 Å². The molecule has 0 saturated heterocycles. The van der Waals surface area contributed by atoms with Crippen molar-refractivity contribution in [2.24, 2.45) is 0 Å². The topological polar surface area (TPSA) is 3.24 Å². The Morgan fingerprint density at radius 2 is 1.66 bits per heavy atom. The minimum Gasteiger partial charge on any atom is -0.299 e. The summed E-state index contributed by atoms with van der Waals surface area (Å²) < 4.78 is 53.8. The third kappa shape index (κ3) is 5.05. The van der Waals surface area contributed by atoms with E-state index in [1.165, 1.54) is 12.1 Å². The maximum atomic E-state index is 14.8. The second-order valence-electron chi connectivity index (χ2n) is 7.87. The van der Waals surface area contributed by atoms with Crippen molar-refractivity contribution >= 4 is 17.2 Å². The molecule has 0 aliphatic carbocycles. The minimum atomic E-state index is -4.35. The van der Waals surface area contributed by atoms with Gasteiger partial charge < -0.3 is 0 Å². The van der Waals surface area contributed by atoms with E-state index in [1.807, 2.05) is 42.5 Å². The Morgan fingerprint density at radius 3 is 2.34 bits per heavy atom. The van der Waals surface area contributed by atoms with Gasteiger partial charge in [0.15, 0.2) is 0 Å². The number of halogens is 5. The second kappa shape index (κ2) is 9.47. The van der Waals surface area contributed by atoms with Gasteiger partial charge in [0, 0.05) is 25.2 Å². The van der Waals surface area contributed by atoms with E-state index >= 15 is 0 Å². The van der Waals surface area contributed by atoms with Crippen LogP contribution in [0, 0.1) is 5.82 Å². The van der Waals surface area contributed by atoms with E-state index in [0.29, 0.717) is 37.1 Å². The highest BCUT2D eigenvalue weighted by atomic mass is 35.5. The summed E-state index contributed by atoms with van der Waals surface area (Å²) in [6.07, 6.45) is -1.12. The lowest BCUT2D eigenvalue weighted by atomic mass is 9.97. The highest BCUT2D eigenvalue weighted by molar-refractivity contribution is 6.31. The van der Waals surface area contributed by atoms with Crippen molar-refractivity contribution in [3.8, 4) is 11.1 Å². The van der Waals surface area contributed by atoms with Gasteiger partial charge in [-0.05, 0) is 47.2 Å². The molecule has 6 heteroatoms. The molecule has 0 aromatic heterocycles. The fourth-order valence-corrected chi connectivity index (χ4v) is 4.23. The highest BCUT2D eigenvalue weighted by Gasteiger charge is 2.30. The molecule has 1 aliphatic heterocycles. The maximum Gasteiger partial charge on any atom is 0.416 e. The third-order valence-electron chi connectivity index (χ3n) is 5.80. The Labute approximate surface area is 189 Å². The normalized spacial score (nSPS) is 15.0. The molecule has 0 N–H and O–H groups in total. The predicted octanol–water partition coefficient (Wildman–Crippen LogP) is 7.50. The number of hydrogen-bond acceptors (Lipinski definition) is 1. The first kappa shape index (κ1) is 22.6. The zero-order chi connectivity index (χ0) is 22.7. The van der Waals surface area contributed by atoms with Gasteiger partial charge in [0.25, 0.3) is 0 Å². The molecule has 0 unspecified atom stereocenters. The quantitative estimate of drug-likeness (QED) is 0.357. The van der Waals surface area contributed by atoms with E-state index in [-0.39, 0.29) is 5.02 Å². The minimum absolute atomic E-state index is 0.142. The van der Waals surface area contributed by atoms with Gasteiger partial charge in [0.05, 0.1) is 10.6 Å². The van der Waals surface area contributed by atoms with Crippen LogP contribution >= 0.6 is 11.6 Å². The van der Waals surface area contributed by atoms with Crippen LogP contribution in [0.25, 0.3) is 16.7 Å². The SMILES string of the molecule is Fc1c(-c2ccccc2)ccc(CCN2CC=C(c3cccc(C(F)(F)F)c3)CC2)c1Cl. The molecule has 0 bridgehead atoms. The molecule has 0 saturated carbocycles. The lowest BCUT2D eigenvalue weighted by Crippen LogP contribution is -2.30. The van der Waals surface area contributed by atoms with E-state index in [1.54, 1.807) is 12.1 Å². The fourth-order valence-electron chi connectivity index (χ4n) is 3.97. The van der Waals surface area contributed by atoms with Crippen molar-refractivity contribution < 1.29 is 17.6 Å². The lowest BCUT2D eigenvalue weighted by molar-refractivity contribution is -0.137. The van der Waals surface area contributed by atoms with Gasteiger partial charge in [-0.2, -0.15) is 13.2 Å². The highest BCUT2D eigenvalue weighted by Crippen LogP contribution is 2.33. The van der Waals surface area contributed by atoms with Crippen molar-refractivity contribution in [2.45, 2.75) is 19.0 Å². The van der Waals surface area contributed by atoms with E-state index in [9.17, 15) is 17.6 Å². The van der Waals surface area contributed by atoms with Gasteiger partial charge in [-0.1, -0.05) is 72.3 Å². The summed E-state index contributed by atoms with van der Waals surface area (Å²) in [7, 11) is 0. The Hall–Kier alpha value is -2.63. The van der Waals surface area contributed by atoms with Gasteiger partial charge >= 0.3 is 6.18 Å². The molecule has 1 aliphatic rings. The molecule has 0 atom stereocenters. The smallest absolute Gasteiger partial charge is 0.299 e. The first-order valence-electron chi connectivity index (χ1n) is 10.4. The molecule has 3 aromatic carbocycles. The van der Waals surface area contributed by atoms with Crippen LogP contribution in [0.2, 0.25) is 5.02 Å². The maximum absolute atomic E-state index is 14.8. The molecule has 0 fully saturated rings. The van der Waals surface area contributed by atoms with Crippen LogP contribution in [0.4, 0.5) is 17.6 Å². The number of alkyl halides is 3. The molecule has 1 nitrogen and oxygen atoms in total. The van der Waals surface area contributed by atoms with E-state index in [4.69, 9.17) is 11.6 Å². The number of benzene rings is 3. The average Bonchev–Trinajstić information content (AvgIpc) is 2.80. The first-order chi connectivity index (χ1) is 15.3. The molecule has 0 radical (unpaired) electrons. The summed E-state index contributed by atoms with van der Waals surface area (Å²) in [5.41, 5.74) is 2.91. The molecule has 3 aromatic rings. The molecule has 32 heavy (non-hydrogen) atoms. The Morgan fingerprint density at radius 1 is 0.906 bits per heavy atom. The van der Waals surface area contributed by atoms with Gasteiger partial charge in [-0.3, -0.25) is 4.90 Å². The van der Waals surface area contributed by atoms with Crippen LogP contribution in [0.5, 0.6) is 0 Å². The predicted molar refractivity (Wildman–Crippen MR) is 121 cm³/mol. The van der Waals surface area contributed by atoms with Gasteiger partial charge in [-0.15, -0.1) is 0 Å². The molecule has 0 spiro atoms. The average molecular weight is 460 g/mol. The number of hydrogen-bond donors (Lipinski definition) is 0. The van der Waals surface area contributed by atoms with E-state index in [0.717, 1.165) is 29.3 Å². The largest absolute Gasteiger partial charge is 0.416 e. The monoisotopic (exact) mass is 459 g/mol. The molecule has 1 heterocycles. The van der Waals surface area contributed by atoms with Gasteiger partial charge in [0.2, 0.25) is 0 Å². The Kier molecular flexibility index (Phi) is 6.68. The number of nitrogens with zero attached hydrogens (tertiary/aromatic N) is 1.